The molecule has 0 fully saturated rings. The molecule has 1 heterocycles. The molecule has 2 aromatic rings. The minimum atomic E-state index is -0.744. The van der Waals surface area contributed by atoms with Crippen LogP contribution in [0, 0.1) is 6.92 Å². The number of rotatable bonds is 6. The first-order valence-electron chi connectivity index (χ1n) is 7.19. The number of aliphatic hydroxyl groups excluding tert-OH is 2. The number of hydrogen-bond acceptors (Lipinski definition) is 4. The van der Waals surface area contributed by atoms with Gasteiger partial charge >= 0.3 is 0 Å². The van der Waals surface area contributed by atoms with E-state index < -0.39 is 5.41 Å². The molecule has 0 unspecified atom stereocenters. The van der Waals surface area contributed by atoms with Crippen molar-refractivity contribution in [3.8, 4) is 0 Å². The molecule has 5 nitrogen and oxygen atoms in total. The van der Waals surface area contributed by atoms with Crippen LogP contribution >= 0.6 is 0 Å². The van der Waals surface area contributed by atoms with Gasteiger partial charge in [-0.15, -0.1) is 0 Å². The zero-order chi connectivity index (χ0) is 15.5. The van der Waals surface area contributed by atoms with Gasteiger partial charge in [-0.1, -0.05) is 29.8 Å². The van der Waals surface area contributed by atoms with E-state index in [2.05, 4.69) is 10.1 Å². The van der Waals surface area contributed by atoms with Gasteiger partial charge in [0.05, 0.1) is 13.2 Å². The Morgan fingerprint density at radius 1 is 1.24 bits per heavy atom. The van der Waals surface area contributed by atoms with Gasteiger partial charge in [0.25, 0.3) is 0 Å². The molecule has 0 aliphatic carbocycles. The van der Waals surface area contributed by atoms with Crippen molar-refractivity contribution in [2.45, 2.75) is 38.6 Å². The van der Waals surface area contributed by atoms with E-state index in [9.17, 15) is 10.2 Å². The molecule has 5 heteroatoms. The fourth-order valence-corrected chi connectivity index (χ4v) is 2.56. The maximum Gasteiger partial charge on any atom is 0.138 e. The van der Waals surface area contributed by atoms with Crippen LogP contribution in [0.2, 0.25) is 0 Å². The molecule has 0 bridgehead atoms. The topological polar surface area (TPSA) is 71.2 Å². The summed E-state index contributed by atoms with van der Waals surface area (Å²) >= 11 is 0. The number of aliphatic hydroxyl groups is 2. The summed E-state index contributed by atoms with van der Waals surface area (Å²) in [7, 11) is 0. The molecule has 0 atom stereocenters. The highest BCUT2D eigenvalue weighted by molar-refractivity contribution is 5.31. The Labute approximate surface area is 125 Å². The normalized spacial score (nSPS) is 12.1. The fraction of sp³-hybridized carbons (Fsp3) is 0.500. The smallest absolute Gasteiger partial charge is 0.138 e. The highest BCUT2D eigenvalue weighted by Crippen LogP contribution is 2.28. The summed E-state index contributed by atoms with van der Waals surface area (Å²) in [5, 5.41) is 24.1. The predicted molar refractivity (Wildman–Crippen MR) is 81.1 cm³/mol. The SMILES string of the molecule is Cc1cccc(C(CO)(CO)Cc2ncnn2C(C)C)c1. The van der Waals surface area contributed by atoms with Gasteiger partial charge < -0.3 is 10.2 Å². The second kappa shape index (κ2) is 6.37. The molecule has 2 rings (SSSR count). The summed E-state index contributed by atoms with van der Waals surface area (Å²) in [5.74, 6) is 0.773. The number of aryl methyl sites for hydroxylation is 1. The van der Waals surface area contributed by atoms with Gasteiger partial charge in [-0.25, -0.2) is 9.67 Å². The van der Waals surface area contributed by atoms with Crippen molar-refractivity contribution in [3.05, 3.63) is 47.5 Å². The summed E-state index contributed by atoms with van der Waals surface area (Å²) in [5.41, 5.74) is 1.28. The van der Waals surface area contributed by atoms with Gasteiger partial charge in [0.15, 0.2) is 0 Å². The van der Waals surface area contributed by atoms with Crippen molar-refractivity contribution in [3.63, 3.8) is 0 Å². The number of benzene rings is 1. The first kappa shape index (κ1) is 15.7. The van der Waals surface area contributed by atoms with E-state index >= 15 is 0 Å². The van der Waals surface area contributed by atoms with Crippen molar-refractivity contribution >= 4 is 0 Å². The molecular formula is C16H23N3O2. The van der Waals surface area contributed by atoms with Crippen molar-refractivity contribution < 1.29 is 10.2 Å². The number of aromatic nitrogens is 3. The molecule has 1 aromatic heterocycles. The summed E-state index contributed by atoms with van der Waals surface area (Å²) in [6.45, 7) is 5.78. The van der Waals surface area contributed by atoms with Gasteiger partial charge in [-0.2, -0.15) is 5.10 Å². The second-order valence-corrected chi connectivity index (χ2v) is 5.86. The Balaban J connectivity index is 2.41. The highest BCUT2D eigenvalue weighted by Gasteiger charge is 2.33. The summed E-state index contributed by atoms with van der Waals surface area (Å²) in [6.07, 6.45) is 1.96. The first-order valence-corrected chi connectivity index (χ1v) is 7.19. The standard InChI is InChI=1S/C16H23N3O2/c1-12(2)19-15(17-11-18-19)8-16(9-20,10-21)14-6-4-5-13(3)7-14/h4-7,11-12,20-21H,8-10H2,1-3H3. The highest BCUT2D eigenvalue weighted by atomic mass is 16.3. The van der Waals surface area contributed by atoms with E-state index in [4.69, 9.17) is 0 Å². The lowest BCUT2D eigenvalue weighted by Gasteiger charge is -2.30. The third-order valence-corrected chi connectivity index (χ3v) is 3.87. The van der Waals surface area contributed by atoms with E-state index in [1.807, 2.05) is 49.7 Å². The Hall–Kier alpha value is -1.72. The molecule has 0 amide bonds. The third kappa shape index (κ3) is 3.14. The Kier molecular flexibility index (Phi) is 4.75. The summed E-state index contributed by atoms with van der Waals surface area (Å²) < 4.78 is 1.83. The molecule has 0 aliphatic rings. The molecule has 0 spiro atoms. The van der Waals surface area contributed by atoms with Gasteiger partial charge in [-0.05, 0) is 26.3 Å². The number of nitrogens with zero attached hydrogens (tertiary/aromatic N) is 3. The van der Waals surface area contributed by atoms with E-state index in [1.54, 1.807) is 0 Å². The van der Waals surface area contributed by atoms with Crippen LogP contribution in [0.15, 0.2) is 30.6 Å². The molecule has 0 aliphatic heterocycles. The monoisotopic (exact) mass is 289 g/mol. The lowest BCUT2D eigenvalue weighted by Crippen LogP contribution is -2.38. The quantitative estimate of drug-likeness (QED) is 0.848. The molecule has 21 heavy (non-hydrogen) atoms. The van der Waals surface area contributed by atoms with Crippen molar-refractivity contribution in [2.24, 2.45) is 0 Å². The molecular weight excluding hydrogens is 266 g/mol. The Morgan fingerprint density at radius 3 is 2.52 bits per heavy atom. The largest absolute Gasteiger partial charge is 0.395 e. The van der Waals surface area contributed by atoms with Crippen LogP contribution in [0.4, 0.5) is 0 Å². The average Bonchev–Trinajstić information content (AvgIpc) is 2.93. The zero-order valence-electron chi connectivity index (χ0n) is 12.8. The maximum absolute atomic E-state index is 9.93. The lowest BCUT2D eigenvalue weighted by molar-refractivity contribution is 0.113. The Bertz CT molecular complexity index is 589. The number of hydrogen-bond donors (Lipinski definition) is 2. The maximum atomic E-state index is 9.93. The zero-order valence-corrected chi connectivity index (χ0v) is 12.8. The molecule has 1 aromatic carbocycles. The third-order valence-electron chi connectivity index (χ3n) is 3.87. The predicted octanol–water partition coefficient (Wildman–Crippen LogP) is 1.63. The van der Waals surface area contributed by atoms with E-state index in [0.717, 1.165) is 17.0 Å². The minimum absolute atomic E-state index is 0.141. The average molecular weight is 289 g/mol. The van der Waals surface area contributed by atoms with Crippen molar-refractivity contribution in [1.29, 1.82) is 0 Å². The van der Waals surface area contributed by atoms with Crippen LogP contribution in [0.25, 0.3) is 0 Å². The first-order chi connectivity index (χ1) is 10.0. The molecule has 0 saturated carbocycles. The van der Waals surface area contributed by atoms with E-state index in [-0.39, 0.29) is 19.3 Å². The summed E-state index contributed by atoms with van der Waals surface area (Å²) in [4.78, 5) is 4.30. The van der Waals surface area contributed by atoms with Crippen LogP contribution in [0.5, 0.6) is 0 Å². The minimum Gasteiger partial charge on any atom is -0.395 e. The van der Waals surface area contributed by atoms with Crippen LogP contribution in [-0.2, 0) is 11.8 Å². The van der Waals surface area contributed by atoms with Crippen LogP contribution < -0.4 is 0 Å². The van der Waals surface area contributed by atoms with E-state index in [0.29, 0.717) is 6.42 Å². The molecule has 2 N–H and O–H groups in total. The molecule has 0 radical (unpaired) electrons. The van der Waals surface area contributed by atoms with Crippen LogP contribution in [-0.4, -0.2) is 38.2 Å². The lowest BCUT2D eigenvalue weighted by atomic mass is 9.78. The molecule has 0 saturated heterocycles. The van der Waals surface area contributed by atoms with Crippen LogP contribution in [0.1, 0.15) is 36.8 Å². The van der Waals surface area contributed by atoms with Crippen molar-refractivity contribution in [2.75, 3.05) is 13.2 Å². The van der Waals surface area contributed by atoms with Gasteiger partial charge in [0, 0.05) is 17.9 Å². The summed E-state index contributed by atoms with van der Waals surface area (Å²) in [6, 6.07) is 8.07. The second-order valence-electron chi connectivity index (χ2n) is 5.86. The van der Waals surface area contributed by atoms with Crippen LogP contribution in [0.3, 0.4) is 0 Å². The molecule has 114 valence electrons. The van der Waals surface area contributed by atoms with Crippen molar-refractivity contribution in [1.82, 2.24) is 14.8 Å². The van der Waals surface area contributed by atoms with Gasteiger partial charge in [0.2, 0.25) is 0 Å². The Morgan fingerprint density at radius 2 is 1.95 bits per heavy atom. The van der Waals surface area contributed by atoms with Gasteiger partial charge in [0.1, 0.15) is 12.2 Å². The van der Waals surface area contributed by atoms with E-state index in [1.165, 1.54) is 6.33 Å². The fourth-order valence-electron chi connectivity index (χ4n) is 2.56. The van der Waals surface area contributed by atoms with Gasteiger partial charge in [-0.3, -0.25) is 0 Å².